The van der Waals surface area contributed by atoms with Gasteiger partial charge in [-0.15, -0.1) is 0 Å². The van der Waals surface area contributed by atoms with Crippen molar-refractivity contribution in [3.05, 3.63) is 0 Å². The van der Waals surface area contributed by atoms with Crippen molar-refractivity contribution in [2.75, 3.05) is 19.8 Å². The second-order valence-electron chi connectivity index (χ2n) is 5.18. The van der Waals surface area contributed by atoms with Crippen LogP contribution in [0.5, 0.6) is 0 Å². The molecule has 16 heavy (non-hydrogen) atoms. The number of hydrogen-bond acceptors (Lipinski definition) is 3. The van der Waals surface area contributed by atoms with E-state index in [4.69, 9.17) is 4.74 Å². The first kappa shape index (κ1) is 15.1. The van der Waals surface area contributed by atoms with Crippen molar-refractivity contribution >= 4 is 11.7 Å². The maximum atomic E-state index is 11.4. The Morgan fingerprint density at radius 2 is 1.81 bits per heavy atom. The van der Waals surface area contributed by atoms with Crippen molar-refractivity contribution < 1.29 is 14.3 Å². The summed E-state index contributed by atoms with van der Waals surface area (Å²) in [5, 5.41) is 2.75. The fraction of sp³-hybridized carbons (Fsp3) is 0.833. The molecule has 0 aromatic rings. The van der Waals surface area contributed by atoms with E-state index < -0.39 is 0 Å². The van der Waals surface area contributed by atoms with Crippen LogP contribution in [0.4, 0.5) is 0 Å². The van der Waals surface area contributed by atoms with Gasteiger partial charge in [-0.05, 0) is 0 Å². The van der Waals surface area contributed by atoms with Gasteiger partial charge in [0, 0.05) is 17.9 Å². The Morgan fingerprint density at radius 1 is 1.25 bits per heavy atom. The van der Waals surface area contributed by atoms with E-state index in [0.717, 1.165) is 0 Å². The van der Waals surface area contributed by atoms with Crippen LogP contribution in [0, 0.1) is 11.3 Å². The van der Waals surface area contributed by atoms with Gasteiger partial charge in [0.2, 0.25) is 5.91 Å². The largest absolute Gasteiger partial charge is 0.372 e. The van der Waals surface area contributed by atoms with Gasteiger partial charge in [-0.25, -0.2) is 0 Å². The van der Waals surface area contributed by atoms with Crippen LogP contribution in [0.2, 0.25) is 0 Å². The van der Waals surface area contributed by atoms with Crippen LogP contribution < -0.4 is 5.32 Å². The Morgan fingerprint density at radius 3 is 2.25 bits per heavy atom. The lowest BCUT2D eigenvalue weighted by molar-refractivity contribution is -0.129. The maximum Gasteiger partial charge on any atom is 0.225 e. The van der Waals surface area contributed by atoms with Gasteiger partial charge in [-0.1, -0.05) is 34.6 Å². The fourth-order valence-electron chi connectivity index (χ4n) is 0.841. The van der Waals surface area contributed by atoms with E-state index in [9.17, 15) is 9.59 Å². The highest BCUT2D eigenvalue weighted by Crippen LogP contribution is 2.11. The molecule has 94 valence electrons. The molecule has 0 bridgehead atoms. The van der Waals surface area contributed by atoms with Gasteiger partial charge in [0.25, 0.3) is 0 Å². The molecule has 0 aliphatic heterocycles. The summed E-state index contributed by atoms with van der Waals surface area (Å²) in [5.41, 5.74) is -0.381. The highest BCUT2D eigenvalue weighted by Gasteiger charge is 2.20. The molecule has 0 fully saturated rings. The highest BCUT2D eigenvalue weighted by atomic mass is 16.5. The summed E-state index contributed by atoms with van der Waals surface area (Å²) < 4.78 is 5.16. The van der Waals surface area contributed by atoms with Gasteiger partial charge in [-0.3, -0.25) is 9.59 Å². The van der Waals surface area contributed by atoms with Crippen molar-refractivity contribution in [1.29, 1.82) is 0 Å². The molecule has 0 rings (SSSR count). The van der Waals surface area contributed by atoms with Crippen molar-refractivity contribution in [3.63, 3.8) is 0 Å². The molecule has 1 N–H and O–H groups in total. The summed E-state index contributed by atoms with van der Waals surface area (Å²) in [5.74, 6) is 0.0811. The van der Waals surface area contributed by atoms with Crippen LogP contribution in [0.3, 0.4) is 0 Å². The van der Waals surface area contributed by atoms with Crippen LogP contribution in [0.1, 0.15) is 34.6 Å². The molecule has 0 aliphatic carbocycles. The van der Waals surface area contributed by atoms with Gasteiger partial charge >= 0.3 is 0 Å². The zero-order chi connectivity index (χ0) is 12.8. The van der Waals surface area contributed by atoms with Gasteiger partial charge in [0.05, 0.1) is 6.61 Å². The summed E-state index contributed by atoms with van der Waals surface area (Å²) in [7, 11) is 0. The number of carbonyl (C=O) groups excluding carboxylic acids is 2. The van der Waals surface area contributed by atoms with Crippen molar-refractivity contribution in [2.24, 2.45) is 11.3 Å². The topological polar surface area (TPSA) is 55.4 Å². The normalized spacial score (nSPS) is 11.6. The molecule has 1 amide bonds. The molecule has 0 unspecified atom stereocenters. The summed E-state index contributed by atoms with van der Waals surface area (Å²) in [4.78, 5) is 22.6. The van der Waals surface area contributed by atoms with Crippen molar-refractivity contribution in [2.45, 2.75) is 34.6 Å². The number of rotatable bonds is 6. The summed E-state index contributed by atoms with van der Waals surface area (Å²) in [6.45, 7) is 10.2. The minimum Gasteiger partial charge on any atom is -0.372 e. The van der Waals surface area contributed by atoms with Crippen LogP contribution in [-0.4, -0.2) is 31.4 Å². The third kappa shape index (κ3) is 6.56. The lowest BCUT2D eigenvalue weighted by Crippen LogP contribution is -2.37. The minimum absolute atomic E-state index is 0.00386. The molecule has 0 aromatic carbocycles. The summed E-state index contributed by atoms with van der Waals surface area (Å²) in [6, 6.07) is 0. The quantitative estimate of drug-likeness (QED) is 0.700. The zero-order valence-corrected chi connectivity index (χ0v) is 10.9. The first-order chi connectivity index (χ1) is 7.25. The molecule has 0 saturated carbocycles. The van der Waals surface area contributed by atoms with E-state index in [0.29, 0.717) is 13.2 Å². The van der Waals surface area contributed by atoms with Crippen molar-refractivity contribution in [1.82, 2.24) is 5.32 Å². The molecule has 0 radical (unpaired) electrons. The second-order valence-corrected chi connectivity index (χ2v) is 5.18. The molecule has 0 aliphatic rings. The smallest absolute Gasteiger partial charge is 0.225 e. The number of Topliss-reactive ketones (excluding diaryl/α,β-unsaturated/α-hetero) is 1. The molecule has 4 nitrogen and oxygen atoms in total. The molecule has 0 spiro atoms. The third-order valence-corrected chi connectivity index (χ3v) is 2.10. The number of carbonyl (C=O) groups is 2. The predicted octanol–water partition coefficient (Wildman–Crippen LogP) is 1.39. The van der Waals surface area contributed by atoms with Crippen LogP contribution >= 0.6 is 0 Å². The van der Waals surface area contributed by atoms with E-state index in [-0.39, 0.29) is 29.6 Å². The van der Waals surface area contributed by atoms with Crippen LogP contribution in [0.15, 0.2) is 0 Å². The standard InChI is InChI=1S/C12H23NO3/c1-9(2)10(14)8-16-7-6-13-11(15)12(3,4)5/h9H,6-8H2,1-5H3,(H,13,15). The maximum absolute atomic E-state index is 11.4. The average Bonchev–Trinajstić information content (AvgIpc) is 2.14. The monoisotopic (exact) mass is 229 g/mol. The number of hydrogen-bond donors (Lipinski definition) is 1. The lowest BCUT2D eigenvalue weighted by atomic mass is 9.96. The summed E-state index contributed by atoms with van der Waals surface area (Å²) >= 11 is 0. The van der Waals surface area contributed by atoms with Gasteiger partial charge < -0.3 is 10.1 Å². The number of ketones is 1. The average molecular weight is 229 g/mol. The van der Waals surface area contributed by atoms with Gasteiger partial charge in [0.1, 0.15) is 6.61 Å². The molecule has 4 heteroatoms. The zero-order valence-electron chi connectivity index (χ0n) is 10.9. The minimum atomic E-state index is -0.381. The highest BCUT2D eigenvalue weighted by molar-refractivity contribution is 5.81. The van der Waals surface area contributed by atoms with E-state index in [2.05, 4.69) is 5.32 Å². The van der Waals surface area contributed by atoms with E-state index in [1.165, 1.54) is 0 Å². The molecule has 0 heterocycles. The molecule has 0 saturated heterocycles. The Kier molecular flexibility index (Phi) is 6.26. The number of amides is 1. The second kappa shape index (κ2) is 6.63. The van der Waals surface area contributed by atoms with E-state index in [1.807, 2.05) is 34.6 Å². The van der Waals surface area contributed by atoms with Crippen LogP contribution in [0.25, 0.3) is 0 Å². The Bertz CT molecular complexity index is 241. The predicted molar refractivity (Wildman–Crippen MR) is 63.1 cm³/mol. The lowest BCUT2D eigenvalue weighted by Gasteiger charge is -2.17. The Labute approximate surface area is 97.7 Å². The third-order valence-electron chi connectivity index (χ3n) is 2.10. The molecule has 0 aromatic heterocycles. The van der Waals surface area contributed by atoms with Crippen LogP contribution in [-0.2, 0) is 14.3 Å². The van der Waals surface area contributed by atoms with Gasteiger partial charge in [0.15, 0.2) is 5.78 Å². The Hall–Kier alpha value is -0.900. The SMILES string of the molecule is CC(C)C(=O)COCCNC(=O)C(C)(C)C. The fourth-order valence-corrected chi connectivity index (χ4v) is 0.841. The number of ether oxygens (including phenoxy) is 1. The molecular weight excluding hydrogens is 206 g/mol. The summed E-state index contributed by atoms with van der Waals surface area (Å²) in [6.07, 6.45) is 0. The first-order valence-corrected chi connectivity index (χ1v) is 5.64. The Balaban J connectivity index is 3.56. The first-order valence-electron chi connectivity index (χ1n) is 5.64. The molecular formula is C12H23NO3. The molecule has 0 atom stereocenters. The van der Waals surface area contributed by atoms with Gasteiger partial charge in [-0.2, -0.15) is 0 Å². The van der Waals surface area contributed by atoms with E-state index in [1.54, 1.807) is 0 Å². The van der Waals surface area contributed by atoms with Crippen molar-refractivity contribution in [3.8, 4) is 0 Å². The number of nitrogens with one attached hydrogen (secondary N) is 1. The van der Waals surface area contributed by atoms with E-state index >= 15 is 0 Å².